The van der Waals surface area contributed by atoms with E-state index >= 15 is 0 Å². The second kappa shape index (κ2) is 5.73. The van der Waals surface area contributed by atoms with Crippen molar-refractivity contribution >= 4 is 17.5 Å². The predicted octanol–water partition coefficient (Wildman–Crippen LogP) is 0.841. The SMILES string of the molecule is CNC1CCCN(C(=O)c2cccc3c2OCC(=O)N3)C1. The van der Waals surface area contributed by atoms with Gasteiger partial charge in [-0.15, -0.1) is 0 Å². The van der Waals surface area contributed by atoms with Crippen molar-refractivity contribution in [2.24, 2.45) is 0 Å². The van der Waals surface area contributed by atoms with Gasteiger partial charge >= 0.3 is 0 Å². The number of piperidine rings is 1. The molecule has 21 heavy (non-hydrogen) atoms. The summed E-state index contributed by atoms with van der Waals surface area (Å²) in [6.07, 6.45) is 2.07. The minimum Gasteiger partial charge on any atom is -0.481 e. The number of hydrogen-bond acceptors (Lipinski definition) is 4. The number of likely N-dealkylation sites (N-methyl/N-ethyl adjacent to an activating group) is 1. The van der Waals surface area contributed by atoms with Crippen LogP contribution in [0, 0.1) is 0 Å². The molecule has 2 N–H and O–H groups in total. The third kappa shape index (κ3) is 2.71. The van der Waals surface area contributed by atoms with E-state index in [9.17, 15) is 9.59 Å². The van der Waals surface area contributed by atoms with Crippen LogP contribution in [0.1, 0.15) is 23.2 Å². The van der Waals surface area contributed by atoms with Crippen LogP contribution in [0.5, 0.6) is 5.75 Å². The first-order chi connectivity index (χ1) is 10.2. The molecule has 0 radical (unpaired) electrons. The highest BCUT2D eigenvalue weighted by Crippen LogP contribution is 2.32. The summed E-state index contributed by atoms with van der Waals surface area (Å²) >= 11 is 0. The predicted molar refractivity (Wildman–Crippen MR) is 78.6 cm³/mol. The summed E-state index contributed by atoms with van der Waals surface area (Å²) in [4.78, 5) is 25.9. The number of amides is 2. The van der Waals surface area contributed by atoms with Gasteiger partial charge in [-0.1, -0.05) is 6.07 Å². The topological polar surface area (TPSA) is 70.7 Å². The summed E-state index contributed by atoms with van der Waals surface area (Å²) in [5.41, 5.74) is 1.09. The zero-order valence-electron chi connectivity index (χ0n) is 12.0. The zero-order valence-corrected chi connectivity index (χ0v) is 12.0. The van der Waals surface area contributed by atoms with Crippen LogP contribution in [-0.2, 0) is 4.79 Å². The highest BCUT2D eigenvalue weighted by Gasteiger charge is 2.28. The second-order valence-electron chi connectivity index (χ2n) is 5.40. The fourth-order valence-corrected chi connectivity index (χ4v) is 2.85. The van der Waals surface area contributed by atoms with Crippen molar-refractivity contribution in [3.05, 3.63) is 23.8 Å². The number of rotatable bonds is 2. The van der Waals surface area contributed by atoms with Gasteiger partial charge in [0.25, 0.3) is 11.8 Å². The maximum Gasteiger partial charge on any atom is 0.262 e. The molecule has 2 aliphatic heterocycles. The van der Waals surface area contributed by atoms with Crippen molar-refractivity contribution in [1.82, 2.24) is 10.2 Å². The first kappa shape index (κ1) is 13.9. The van der Waals surface area contributed by atoms with Crippen LogP contribution in [-0.4, -0.2) is 49.5 Å². The quantitative estimate of drug-likeness (QED) is 0.846. The molecule has 1 aromatic rings. The maximum atomic E-state index is 12.7. The van der Waals surface area contributed by atoms with Gasteiger partial charge in [0.05, 0.1) is 11.3 Å². The standard InChI is InChI=1S/C15H19N3O3/c1-16-10-4-3-7-18(8-10)15(20)11-5-2-6-12-14(11)21-9-13(19)17-12/h2,5-6,10,16H,3-4,7-9H2,1H3,(H,17,19). The Morgan fingerprint density at radius 2 is 2.33 bits per heavy atom. The Balaban J connectivity index is 1.85. The van der Waals surface area contributed by atoms with Gasteiger partial charge in [0.1, 0.15) is 0 Å². The lowest BCUT2D eigenvalue weighted by Gasteiger charge is -2.33. The molecule has 1 aromatic carbocycles. The first-order valence-corrected chi connectivity index (χ1v) is 7.21. The first-order valence-electron chi connectivity index (χ1n) is 7.21. The van der Waals surface area contributed by atoms with Gasteiger partial charge in [0.15, 0.2) is 12.4 Å². The lowest BCUT2D eigenvalue weighted by atomic mass is 10.0. The summed E-state index contributed by atoms with van der Waals surface area (Å²) in [7, 11) is 1.92. The normalized spacial score (nSPS) is 21.3. The van der Waals surface area contributed by atoms with E-state index in [1.807, 2.05) is 11.9 Å². The van der Waals surface area contributed by atoms with Crippen molar-refractivity contribution in [2.45, 2.75) is 18.9 Å². The Kier molecular flexibility index (Phi) is 3.79. The van der Waals surface area contributed by atoms with Gasteiger partial charge in [-0.05, 0) is 32.0 Å². The number of likely N-dealkylation sites (tertiary alicyclic amines) is 1. The lowest BCUT2D eigenvalue weighted by Crippen LogP contribution is -2.47. The van der Waals surface area contributed by atoms with E-state index in [-0.39, 0.29) is 18.4 Å². The van der Waals surface area contributed by atoms with Crippen LogP contribution in [0.4, 0.5) is 5.69 Å². The molecule has 1 saturated heterocycles. The Morgan fingerprint density at radius 1 is 1.48 bits per heavy atom. The lowest BCUT2D eigenvalue weighted by molar-refractivity contribution is -0.118. The molecule has 0 aliphatic carbocycles. The molecule has 0 aromatic heterocycles. The number of nitrogens with zero attached hydrogens (tertiary/aromatic N) is 1. The van der Waals surface area contributed by atoms with Gasteiger partial charge in [-0.25, -0.2) is 0 Å². The van der Waals surface area contributed by atoms with Gasteiger partial charge in [0, 0.05) is 19.1 Å². The molecule has 1 fully saturated rings. The summed E-state index contributed by atoms with van der Waals surface area (Å²) in [5.74, 6) is 0.247. The fraction of sp³-hybridized carbons (Fsp3) is 0.467. The molecule has 2 amide bonds. The summed E-state index contributed by atoms with van der Waals surface area (Å²) in [5, 5.41) is 5.96. The Hall–Kier alpha value is -2.08. The smallest absolute Gasteiger partial charge is 0.262 e. The van der Waals surface area contributed by atoms with Crippen molar-refractivity contribution < 1.29 is 14.3 Å². The number of carbonyl (C=O) groups is 2. The number of para-hydroxylation sites is 1. The summed E-state index contributed by atoms with van der Waals surface area (Å²) in [6, 6.07) is 5.60. The van der Waals surface area contributed by atoms with Crippen molar-refractivity contribution in [3.63, 3.8) is 0 Å². The third-order valence-corrected chi connectivity index (χ3v) is 3.98. The molecule has 3 rings (SSSR count). The Morgan fingerprint density at radius 3 is 3.14 bits per heavy atom. The van der Waals surface area contributed by atoms with Crippen LogP contribution in [0.2, 0.25) is 0 Å². The second-order valence-corrected chi connectivity index (χ2v) is 5.40. The van der Waals surface area contributed by atoms with Crippen LogP contribution in [0.15, 0.2) is 18.2 Å². The number of nitrogens with one attached hydrogen (secondary N) is 2. The number of fused-ring (bicyclic) bond motifs is 1. The average Bonchev–Trinajstić information content (AvgIpc) is 2.53. The number of ether oxygens (including phenoxy) is 1. The number of carbonyl (C=O) groups excluding carboxylic acids is 2. The van der Waals surface area contributed by atoms with Crippen LogP contribution in [0.25, 0.3) is 0 Å². The van der Waals surface area contributed by atoms with Crippen LogP contribution in [0.3, 0.4) is 0 Å². The minimum atomic E-state index is -0.194. The monoisotopic (exact) mass is 289 g/mol. The van der Waals surface area contributed by atoms with E-state index in [1.165, 1.54) is 0 Å². The summed E-state index contributed by atoms with van der Waals surface area (Å²) < 4.78 is 5.46. The molecule has 6 heteroatoms. The van der Waals surface area contributed by atoms with Gasteiger partial charge < -0.3 is 20.3 Å². The maximum absolute atomic E-state index is 12.7. The molecule has 0 saturated carbocycles. The van der Waals surface area contributed by atoms with E-state index in [0.29, 0.717) is 29.6 Å². The fourth-order valence-electron chi connectivity index (χ4n) is 2.85. The zero-order chi connectivity index (χ0) is 14.8. The van der Waals surface area contributed by atoms with Crippen molar-refractivity contribution in [2.75, 3.05) is 32.1 Å². The van der Waals surface area contributed by atoms with E-state index in [0.717, 1.165) is 19.4 Å². The van der Waals surface area contributed by atoms with Crippen LogP contribution >= 0.6 is 0 Å². The number of hydrogen-bond donors (Lipinski definition) is 2. The molecular formula is C15H19N3O3. The summed E-state index contributed by atoms with van der Waals surface area (Å²) in [6.45, 7) is 1.41. The van der Waals surface area contributed by atoms with E-state index in [4.69, 9.17) is 4.74 Å². The largest absolute Gasteiger partial charge is 0.481 e. The highest BCUT2D eigenvalue weighted by molar-refractivity contribution is 6.03. The average molecular weight is 289 g/mol. The molecule has 0 spiro atoms. The molecule has 2 aliphatic rings. The molecule has 2 heterocycles. The molecular weight excluding hydrogens is 270 g/mol. The van der Waals surface area contributed by atoms with Gasteiger partial charge in [-0.3, -0.25) is 9.59 Å². The molecule has 1 atom stereocenters. The number of benzene rings is 1. The number of anilines is 1. The van der Waals surface area contributed by atoms with E-state index < -0.39 is 0 Å². The molecule has 1 unspecified atom stereocenters. The van der Waals surface area contributed by atoms with Gasteiger partial charge in [0.2, 0.25) is 0 Å². The van der Waals surface area contributed by atoms with Crippen LogP contribution < -0.4 is 15.4 Å². The van der Waals surface area contributed by atoms with Crippen molar-refractivity contribution in [3.8, 4) is 5.75 Å². The molecule has 112 valence electrons. The molecule has 6 nitrogen and oxygen atoms in total. The molecule has 0 bridgehead atoms. The minimum absolute atomic E-state index is 0.0389. The van der Waals surface area contributed by atoms with Gasteiger partial charge in [-0.2, -0.15) is 0 Å². The Labute approximate surface area is 123 Å². The highest BCUT2D eigenvalue weighted by atomic mass is 16.5. The van der Waals surface area contributed by atoms with E-state index in [2.05, 4.69) is 10.6 Å². The third-order valence-electron chi connectivity index (χ3n) is 3.98. The Bertz CT molecular complexity index is 573. The van der Waals surface area contributed by atoms with E-state index in [1.54, 1.807) is 18.2 Å². The van der Waals surface area contributed by atoms with Crippen molar-refractivity contribution in [1.29, 1.82) is 0 Å².